The summed E-state index contributed by atoms with van der Waals surface area (Å²) < 4.78 is 1.92. The number of carbonyl (C=O) groups excluding carboxylic acids is 1. The predicted molar refractivity (Wildman–Crippen MR) is 77.1 cm³/mol. The third-order valence-corrected chi connectivity index (χ3v) is 2.45. The molecule has 1 amide bonds. The van der Waals surface area contributed by atoms with Gasteiger partial charge in [0.1, 0.15) is 0 Å². The Balaban J connectivity index is 0. The maximum absolute atomic E-state index is 11.7. The van der Waals surface area contributed by atoms with Crippen molar-refractivity contribution < 1.29 is 4.79 Å². The Morgan fingerprint density at radius 1 is 1.39 bits per heavy atom. The van der Waals surface area contributed by atoms with E-state index in [4.69, 9.17) is 5.73 Å². The first-order valence-electron chi connectivity index (χ1n) is 5.52. The number of hydrogen-bond donors (Lipinski definition) is 2. The van der Waals surface area contributed by atoms with Crippen molar-refractivity contribution in [3.05, 3.63) is 18.7 Å². The number of amides is 1. The van der Waals surface area contributed by atoms with Crippen LogP contribution < -0.4 is 11.1 Å². The van der Waals surface area contributed by atoms with Gasteiger partial charge in [-0.15, -0.1) is 24.8 Å². The zero-order chi connectivity index (χ0) is 12.1. The molecule has 5 nitrogen and oxygen atoms in total. The first kappa shape index (κ1) is 19.6. The Labute approximate surface area is 120 Å². The van der Waals surface area contributed by atoms with Crippen LogP contribution in [0.2, 0.25) is 0 Å². The summed E-state index contributed by atoms with van der Waals surface area (Å²) in [7, 11) is 0. The summed E-state index contributed by atoms with van der Waals surface area (Å²) in [5.74, 6) is 0.0584. The molecule has 1 aromatic rings. The predicted octanol–water partition coefficient (Wildman–Crippen LogP) is 1.21. The molecule has 0 aliphatic heterocycles. The van der Waals surface area contributed by atoms with Gasteiger partial charge < -0.3 is 15.6 Å². The van der Waals surface area contributed by atoms with Crippen molar-refractivity contribution in [2.24, 2.45) is 11.7 Å². The van der Waals surface area contributed by atoms with Crippen molar-refractivity contribution in [1.29, 1.82) is 0 Å². The van der Waals surface area contributed by atoms with Crippen molar-refractivity contribution in [1.82, 2.24) is 14.9 Å². The molecule has 1 heterocycles. The third kappa shape index (κ3) is 6.23. The summed E-state index contributed by atoms with van der Waals surface area (Å²) in [5.41, 5.74) is 5.75. The van der Waals surface area contributed by atoms with Crippen LogP contribution in [0.4, 0.5) is 0 Å². The van der Waals surface area contributed by atoms with Crippen molar-refractivity contribution in [3.8, 4) is 0 Å². The van der Waals surface area contributed by atoms with Crippen LogP contribution in [0.3, 0.4) is 0 Å². The van der Waals surface area contributed by atoms with Crippen molar-refractivity contribution >= 4 is 30.7 Å². The van der Waals surface area contributed by atoms with E-state index < -0.39 is 6.04 Å². The zero-order valence-corrected chi connectivity index (χ0v) is 12.5. The molecule has 18 heavy (non-hydrogen) atoms. The fourth-order valence-electron chi connectivity index (χ4n) is 1.40. The molecule has 0 saturated heterocycles. The van der Waals surface area contributed by atoms with Gasteiger partial charge in [0.05, 0.1) is 12.4 Å². The summed E-state index contributed by atoms with van der Waals surface area (Å²) in [6.45, 7) is 6.52. The lowest BCUT2D eigenvalue weighted by Crippen LogP contribution is -2.47. The molecule has 0 aliphatic rings. The Bertz CT molecular complexity index is 330. The van der Waals surface area contributed by atoms with Gasteiger partial charge in [-0.25, -0.2) is 4.98 Å². The molecule has 0 aliphatic carbocycles. The quantitative estimate of drug-likeness (QED) is 0.858. The molecular formula is C11H22Cl2N4O. The maximum Gasteiger partial charge on any atom is 0.237 e. The lowest BCUT2D eigenvalue weighted by atomic mass is 10.0. The van der Waals surface area contributed by atoms with E-state index in [1.807, 2.05) is 31.5 Å². The Morgan fingerprint density at radius 3 is 2.44 bits per heavy atom. The number of halogens is 2. The number of nitrogens with zero attached hydrogens (tertiary/aromatic N) is 2. The second-order valence-corrected chi connectivity index (χ2v) is 4.44. The molecule has 0 spiro atoms. The van der Waals surface area contributed by atoms with Crippen molar-refractivity contribution in [2.45, 2.75) is 39.4 Å². The highest BCUT2D eigenvalue weighted by Crippen LogP contribution is 1.99. The van der Waals surface area contributed by atoms with Crippen LogP contribution in [0.1, 0.15) is 20.8 Å². The molecule has 3 N–H and O–H groups in total. The highest BCUT2D eigenvalue weighted by atomic mass is 35.5. The van der Waals surface area contributed by atoms with Gasteiger partial charge in [0.2, 0.25) is 5.91 Å². The second kappa shape index (κ2) is 9.19. The van der Waals surface area contributed by atoms with Crippen molar-refractivity contribution in [3.63, 3.8) is 0 Å². The fraction of sp³-hybridized carbons (Fsp3) is 0.636. The Hall–Kier alpha value is -0.780. The van der Waals surface area contributed by atoms with E-state index in [9.17, 15) is 4.79 Å². The molecule has 0 bridgehead atoms. The third-order valence-electron chi connectivity index (χ3n) is 2.45. The highest BCUT2D eigenvalue weighted by molar-refractivity contribution is 5.85. The summed E-state index contributed by atoms with van der Waals surface area (Å²) in [6, 6.07) is -0.392. The first-order valence-corrected chi connectivity index (χ1v) is 5.52. The van der Waals surface area contributed by atoms with Crippen LogP contribution in [0.15, 0.2) is 18.7 Å². The summed E-state index contributed by atoms with van der Waals surface area (Å²) >= 11 is 0. The fourth-order valence-corrected chi connectivity index (χ4v) is 1.40. The molecule has 2 atom stereocenters. The molecule has 0 radical (unpaired) electrons. The van der Waals surface area contributed by atoms with Crippen LogP contribution in [0.25, 0.3) is 0 Å². The minimum absolute atomic E-state index is 0. The van der Waals surface area contributed by atoms with Gasteiger partial charge in [0.15, 0.2) is 0 Å². The molecule has 1 aromatic heterocycles. The molecule has 0 saturated carbocycles. The normalized spacial score (nSPS) is 13.2. The molecule has 7 heteroatoms. The minimum Gasteiger partial charge on any atom is -0.350 e. The van der Waals surface area contributed by atoms with Gasteiger partial charge in [0.25, 0.3) is 0 Å². The molecule has 2 unspecified atom stereocenters. The van der Waals surface area contributed by atoms with Gasteiger partial charge in [-0.2, -0.15) is 0 Å². The maximum atomic E-state index is 11.7. The smallest absolute Gasteiger partial charge is 0.237 e. The summed E-state index contributed by atoms with van der Waals surface area (Å²) in [5, 5.41) is 2.89. The van der Waals surface area contributed by atoms with Gasteiger partial charge in [0, 0.05) is 25.0 Å². The lowest BCUT2D eigenvalue weighted by Gasteiger charge is -2.19. The molecular weight excluding hydrogens is 275 g/mol. The van der Waals surface area contributed by atoms with Gasteiger partial charge in [-0.05, 0) is 12.8 Å². The number of nitrogens with two attached hydrogens (primary N) is 1. The average molecular weight is 297 g/mol. The monoisotopic (exact) mass is 296 g/mol. The molecule has 0 aromatic carbocycles. The largest absolute Gasteiger partial charge is 0.350 e. The van der Waals surface area contributed by atoms with E-state index in [2.05, 4.69) is 10.3 Å². The lowest BCUT2D eigenvalue weighted by molar-refractivity contribution is -0.123. The minimum atomic E-state index is -0.440. The van der Waals surface area contributed by atoms with Crippen LogP contribution in [0.5, 0.6) is 0 Å². The van der Waals surface area contributed by atoms with Crippen LogP contribution in [-0.2, 0) is 11.3 Å². The second-order valence-electron chi connectivity index (χ2n) is 4.44. The number of aromatic nitrogens is 2. The number of carbonyl (C=O) groups is 1. The van der Waals surface area contributed by atoms with E-state index in [-0.39, 0.29) is 42.7 Å². The molecule has 0 fully saturated rings. The number of hydrogen-bond acceptors (Lipinski definition) is 3. The SMILES string of the molecule is CC(Cn1ccnc1)NC(=O)C(N)C(C)C.Cl.Cl. The first-order chi connectivity index (χ1) is 7.50. The van der Waals surface area contributed by atoms with Crippen LogP contribution >= 0.6 is 24.8 Å². The molecule has 1 rings (SSSR count). The van der Waals surface area contributed by atoms with Gasteiger partial charge in [-0.1, -0.05) is 13.8 Å². The van der Waals surface area contributed by atoms with Gasteiger partial charge >= 0.3 is 0 Å². The number of rotatable bonds is 5. The Morgan fingerprint density at radius 2 is 2.00 bits per heavy atom. The number of imidazole rings is 1. The molecule has 106 valence electrons. The summed E-state index contributed by atoms with van der Waals surface area (Å²) in [4.78, 5) is 15.6. The van der Waals surface area contributed by atoms with Crippen LogP contribution in [-0.4, -0.2) is 27.5 Å². The van der Waals surface area contributed by atoms with E-state index >= 15 is 0 Å². The van der Waals surface area contributed by atoms with E-state index in [1.54, 1.807) is 12.5 Å². The van der Waals surface area contributed by atoms with Crippen LogP contribution in [0, 0.1) is 5.92 Å². The van der Waals surface area contributed by atoms with E-state index in [1.165, 1.54) is 0 Å². The topological polar surface area (TPSA) is 72.9 Å². The highest BCUT2D eigenvalue weighted by Gasteiger charge is 2.18. The number of nitrogens with one attached hydrogen (secondary N) is 1. The van der Waals surface area contributed by atoms with E-state index in [0.29, 0.717) is 6.54 Å². The zero-order valence-electron chi connectivity index (χ0n) is 10.9. The van der Waals surface area contributed by atoms with Gasteiger partial charge in [-0.3, -0.25) is 4.79 Å². The average Bonchev–Trinajstić information content (AvgIpc) is 2.68. The van der Waals surface area contributed by atoms with E-state index in [0.717, 1.165) is 0 Å². The standard InChI is InChI=1S/C11H20N4O.2ClH/c1-8(2)10(12)11(16)14-9(3)6-15-5-4-13-7-15;;/h4-5,7-10H,6,12H2,1-3H3,(H,14,16);2*1H. The Kier molecular flexibility index (Phi) is 9.99. The summed E-state index contributed by atoms with van der Waals surface area (Å²) in [6.07, 6.45) is 5.31. The van der Waals surface area contributed by atoms with Crippen molar-refractivity contribution in [2.75, 3.05) is 0 Å².